The Kier molecular flexibility index (Phi) is 4.78. The second-order valence-corrected chi connectivity index (χ2v) is 5.50. The van der Waals surface area contributed by atoms with E-state index in [2.05, 4.69) is 4.98 Å². The molecule has 3 aromatic rings. The van der Waals surface area contributed by atoms with Gasteiger partial charge in [0.05, 0.1) is 11.5 Å². The van der Waals surface area contributed by atoms with Crippen LogP contribution in [0.4, 0.5) is 15.9 Å². The van der Waals surface area contributed by atoms with Gasteiger partial charge in [0.1, 0.15) is 23.8 Å². The summed E-state index contributed by atoms with van der Waals surface area (Å²) in [4.78, 5) is 28.8. The number of fused-ring (bicyclic) bond motifs is 1. The van der Waals surface area contributed by atoms with Crippen LogP contribution in [-0.2, 0) is 0 Å². The van der Waals surface area contributed by atoms with Crippen LogP contribution in [0, 0.1) is 15.9 Å². The van der Waals surface area contributed by atoms with Crippen LogP contribution in [0.2, 0.25) is 0 Å². The first-order valence-corrected chi connectivity index (χ1v) is 7.72. The van der Waals surface area contributed by atoms with Gasteiger partial charge in [0.2, 0.25) is 5.82 Å². The summed E-state index contributed by atoms with van der Waals surface area (Å²) in [6.07, 6.45) is 1.43. The van der Waals surface area contributed by atoms with Crippen LogP contribution in [0.5, 0.6) is 5.75 Å². The maximum absolute atomic E-state index is 12.9. The monoisotopic (exact) mass is 358 g/mol. The Bertz CT molecular complexity index is 1000. The van der Waals surface area contributed by atoms with Gasteiger partial charge in [-0.25, -0.2) is 9.37 Å². The molecule has 0 bridgehead atoms. The van der Waals surface area contributed by atoms with Crippen LogP contribution in [0.1, 0.15) is 0 Å². The molecular weight excluding hydrogens is 343 g/mol. The van der Waals surface area contributed by atoms with Crippen molar-refractivity contribution in [3.63, 3.8) is 0 Å². The van der Waals surface area contributed by atoms with Crippen molar-refractivity contribution in [3.8, 4) is 5.75 Å². The minimum absolute atomic E-state index is 0.0334. The summed E-state index contributed by atoms with van der Waals surface area (Å²) in [6, 6.07) is 10.4. The lowest BCUT2D eigenvalue weighted by atomic mass is 10.3. The van der Waals surface area contributed by atoms with Crippen molar-refractivity contribution in [1.29, 1.82) is 0 Å². The summed E-state index contributed by atoms with van der Waals surface area (Å²) >= 11 is 0. The number of hydrogen-bond donors (Lipinski definition) is 0. The van der Waals surface area contributed by atoms with E-state index in [1.54, 1.807) is 25.2 Å². The molecule has 1 aromatic carbocycles. The van der Waals surface area contributed by atoms with Gasteiger partial charge in [-0.3, -0.25) is 19.3 Å². The predicted octanol–water partition coefficient (Wildman–Crippen LogP) is 2.26. The number of ether oxygens (including phenoxy) is 1. The quantitative estimate of drug-likeness (QED) is 0.496. The van der Waals surface area contributed by atoms with E-state index < -0.39 is 16.2 Å². The number of benzene rings is 1. The van der Waals surface area contributed by atoms with Gasteiger partial charge in [0.25, 0.3) is 0 Å². The van der Waals surface area contributed by atoms with E-state index in [4.69, 9.17) is 4.74 Å². The third-order valence-electron chi connectivity index (χ3n) is 3.75. The van der Waals surface area contributed by atoms with Gasteiger partial charge < -0.3 is 9.64 Å². The minimum Gasteiger partial charge on any atom is -0.492 e. The average Bonchev–Trinajstić information content (AvgIpc) is 2.63. The fourth-order valence-corrected chi connectivity index (χ4v) is 2.43. The number of aromatic nitrogens is 2. The molecular formula is C17H15FN4O4. The molecule has 2 aromatic heterocycles. The van der Waals surface area contributed by atoms with Crippen LogP contribution in [0.15, 0.2) is 53.5 Å². The predicted molar refractivity (Wildman–Crippen MR) is 93.3 cm³/mol. The van der Waals surface area contributed by atoms with Crippen molar-refractivity contribution in [2.75, 3.05) is 25.1 Å². The number of hydrogen-bond acceptors (Lipinski definition) is 6. The molecule has 0 aliphatic heterocycles. The molecule has 8 nitrogen and oxygen atoms in total. The molecule has 0 atom stereocenters. The topological polar surface area (TPSA) is 90.0 Å². The van der Waals surface area contributed by atoms with Gasteiger partial charge in [-0.1, -0.05) is 6.07 Å². The molecule has 26 heavy (non-hydrogen) atoms. The molecule has 0 aliphatic carbocycles. The third kappa shape index (κ3) is 3.46. The normalized spacial score (nSPS) is 10.7. The van der Waals surface area contributed by atoms with E-state index in [-0.39, 0.29) is 24.8 Å². The SMILES string of the molecule is CN(CCOc1ccc(F)cc1)c1nc2ccccn2c(=O)c1[N+](=O)[O-]. The number of rotatable bonds is 6. The van der Waals surface area contributed by atoms with Crippen LogP contribution in [0.3, 0.4) is 0 Å². The summed E-state index contributed by atoms with van der Waals surface area (Å²) in [5, 5.41) is 11.4. The standard InChI is InChI=1S/C17H15FN4O4/c1-20(10-11-26-13-7-5-12(18)6-8-13)16-15(22(24)25)17(23)21-9-3-2-4-14(21)19-16/h2-9H,10-11H2,1H3. The second kappa shape index (κ2) is 7.18. The molecule has 0 aliphatic rings. The van der Waals surface area contributed by atoms with Gasteiger partial charge in [0.15, 0.2) is 0 Å². The third-order valence-corrected chi connectivity index (χ3v) is 3.75. The Morgan fingerprint density at radius 2 is 2.00 bits per heavy atom. The zero-order valence-electron chi connectivity index (χ0n) is 13.8. The summed E-state index contributed by atoms with van der Waals surface area (Å²) in [7, 11) is 1.59. The summed E-state index contributed by atoms with van der Waals surface area (Å²) < 4.78 is 19.5. The molecule has 0 unspecified atom stereocenters. The molecule has 3 rings (SSSR count). The minimum atomic E-state index is -0.748. The van der Waals surface area contributed by atoms with Crippen molar-refractivity contribution in [1.82, 2.24) is 9.38 Å². The van der Waals surface area contributed by atoms with Gasteiger partial charge >= 0.3 is 11.2 Å². The molecule has 0 saturated carbocycles. The molecule has 2 heterocycles. The van der Waals surface area contributed by atoms with Crippen LogP contribution in [0.25, 0.3) is 5.65 Å². The maximum atomic E-state index is 12.9. The van der Waals surface area contributed by atoms with Crippen molar-refractivity contribution < 1.29 is 14.1 Å². The molecule has 0 saturated heterocycles. The fraction of sp³-hybridized carbons (Fsp3) is 0.176. The van der Waals surface area contributed by atoms with Crippen molar-refractivity contribution in [2.24, 2.45) is 0 Å². The average molecular weight is 358 g/mol. The van der Waals surface area contributed by atoms with Crippen molar-refractivity contribution >= 4 is 17.2 Å². The summed E-state index contributed by atoms with van der Waals surface area (Å²) in [5.74, 6) is 0.0701. The molecule has 0 spiro atoms. The lowest BCUT2D eigenvalue weighted by Crippen LogP contribution is -2.29. The van der Waals surface area contributed by atoms with E-state index in [1.165, 1.54) is 35.4 Å². The Morgan fingerprint density at radius 1 is 1.27 bits per heavy atom. The number of nitrogens with zero attached hydrogens (tertiary/aromatic N) is 4. The van der Waals surface area contributed by atoms with E-state index in [1.807, 2.05) is 0 Å². The van der Waals surface area contributed by atoms with Gasteiger partial charge in [-0.15, -0.1) is 0 Å². The zero-order chi connectivity index (χ0) is 18.7. The molecule has 134 valence electrons. The fourth-order valence-electron chi connectivity index (χ4n) is 2.43. The number of anilines is 1. The molecule has 0 amide bonds. The van der Waals surface area contributed by atoms with Crippen molar-refractivity contribution in [3.05, 3.63) is 74.9 Å². The van der Waals surface area contributed by atoms with Crippen LogP contribution in [-0.4, -0.2) is 34.5 Å². The molecule has 0 fully saturated rings. The number of halogens is 1. The lowest BCUT2D eigenvalue weighted by Gasteiger charge is -2.18. The first kappa shape index (κ1) is 17.3. The van der Waals surface area contributed by atoms with Gasteiger partial charge in [0, 0.05) is 13.2 Å². The highest BCUT2D eigenvalue weighted by Crippen LogP contribution is 2.21. The highest BCUT2D eigenvalue weighted by Gasteiger charge is 2.26. The number of pyridine rings is 1. The Morgan fingerprint density at radius 3 is 2.69 bits per heavy atom. The Labute approximate surface area is 147 Å². The highest BCUT2D eigenvalue weighted by atomic mass is 19.1. The first-order valence-electron chi connectivity index (χ1n) is 7.72. The summed E-state index contributed by atoms with van der Waals surface area (Å²) in [6.45, 7) is 0.419. The molecule has 9 heteroatoms. The Hall–Kier alpha value is -3.49. The van der Waals surface area contributed by atoms with Gasteiger partial charge in [-0.05, 0) is 36.4 Å². The van der Waals surface area contributed by atoms with Gasteiger partial charge in [-0.2, -0.15) is 0 Å². The zero-order valence-corrected chi connectivity index (χ0v) is 13.8. The Balaban J connectivity index is 1.84. The largest absolute Gasteiger partial charge is 0.492 e. The van der Waals surface area contributed by atoms with E-state index in [9.17, 15) is 19.3 Å². The van der Waals surface area contributed by atoms with E-state index in [0.29, 0.717) is 11.4 Å². The molecule has 0 radical (unpaired) electrons. The maximum Gasteiger partial charge on any atom is 0.376 e. The molecule has 0 N–H and O–H groups in total. The van der Waals surface area contributed by atoms with E-state index in [0.717, 1.165) is 4.40 Å². The number of nitro groups is 1. The number of likely N-dealkylation sites (N-methyl/N-ethyl adjacent to an activating group) is 1. The second-order valence-electron chi connectivity index (χ2n) is 5.50. The van der Waals surface area contributed by atoms with Crippen LogP contribution >= 0.6 is 0 Å². The highest BCUT2D eigenvalue weighted by molar-refractivity contribution is 5.61. The van der Waals surface area contributed by atoms with E-state index >= 15 is 0 Å². The first-order chi connectivity index (χ1) is 12.5. The van der Waals surface area contributed by atoms with Crippen molar-refractivity contribution in [2.45, 2.75) is 0 Å². The van der Waals surface area contributed by atoms with Crippen LogP contribution < -0.4 is 15.2 Å². The lowest BCUT2D eigenvalue weighted by molar-refractivity contribution is -0.385. The summed E-state index contributed by atoms with van der Waals surface area (Å²) in [5.41, 5.74) is -1.04. The smallest absolute Gasteiger partial charge is 0.376 e.